The number of hydrogen-bond acceptors (Lipinski definition) is 4. The SMILES string of the molecule is CS(=O)(=O)c1ccc(Cl)c(NC(=O)CSc2ccc3ccccc3c2)c1. The first-order chi connectivity index (χ1) is 12.3. The molecule has 4 nitrogen and oxygen atoms in total. The Morgan fingerprint density at radius 2 is 1.77 bits per heavy atom. The summed E-state index contributed by atoms with van der Waals surface area (Å²) in [6.45, 7) is 0. The highest BCUT2D eigenvalue weighted by Gasteiger charge is 2.12. The average Bonchev–Trinajstić information content (AvgIpc) is 2.60. The zero-order valence-corrected chi connectivity index (χ0v) is 16.3. The van der Waals surface area contributed by atoms with Crippen LogP contribution in [-0.4, -0.2) is 26.3 Å². The Hall–Kier alpha value is -2.02. The van der Waals surface area contributed by atoms with Gasteiger partial charge in [0.2, 0.25) is 5.91 Å². The molecule has 3 aromatic rings. The highest BCUT2D eigenvalue weighted by Crippen LogP contribution is 2.27. The van der Waals surface area contributed by atoms with E-state index in [1.807, 2.05) is 42.5 Å². The molecule has 0 fully saturated rings. The molecular formula is C19H16ClNO3S2. The van der Waals surface area contributed by atoms with Crippen LogP contribution in [-0.2, 0) is 14.6 Å². The highest BCUT2D eigenvalue weighted by atomic mass is 35.5. The van der Waals surface area contributed by atoms with Crippen molar-refractivity contribution in [1.82, 2.24) is 0 Å². The lowest BCUT2D eigenvalue weighted by Crippen LogP contribution is -2.14. The van der Waals surface area contributed by atoms with E-state index in [1.54, 1.807) is 0 Å². The number of amides is 1. The largest absolute Gasteiger partial charge is 0.324 e. The van der Waals surface area contributed by atoms with E-state index >= 15 is 0 Å². The molecule has 0 saturated carbocycles. The summed E-state index contributed by atoms with van der Waals surface area (Å²) in [5, 5.41) is 5.22. The van der Waals surface area contributed by atoms with Gasteiger partial charge in [-0.3, -0.25) is 4.79 Å². The predicted octanol–water partition coefficient (Wildman–Crippen LogP) is 4.63. The fourth-order valence-corrected chi connectivity index (χ4v) is 3.98. The van der Waals surface area contributed by atoms with Crippen LogP contribution < -0.4 is 5.32 Å². The summed E-state index contributed by atoms with van der Waals surface area (Å²) in [7, 11) is -3.37. The van der Waals surface area contributed by atoms with Crippen LogP contribution in [0.4, 0.5) is 5.69 Å². The number of benzene rings is 3. The smallest absolute Gasteiger partial charge is 0.234 e. The molecule has 134 valence electrons. The molecule has 3 rings (SSSR count). The summed E-state index contributed by atoms with van der Waals surface area (Å²) in [6.07, 6.45) is 1.11. The number of sulfone groups is 1. The standard InChI is InChI=1S/C19H16ClNO3S2/c1-26(23,24)16-8-9-17(20)18(11-16)21-19(22)12-25-15-7-6-13-4-2-3-5-14(13)10-15/h2-11H,12H2,1H3,(H,21,22). The third-order valence-corrected chi connectivity index (χ3v) is 6.16. The fourth-order valence-electron chi connectivity index (χ4n) is 2.42. The summed E-state index contributed by atoms with van der Waals surface area (Å²) in [6, 6.07) is 18.3. The first-order valence-electron chi connectivity index (χ1n) is 7.74. The minimum Gasteiger partial charge on any atom is -0.324 e. The van der Waals surface area contributed by atoms with Gasteiger partial charge in [0.25, 0.3) is 0 Å². The van der Waals surface area contributed by atoms with Crippen molar-refractivity contribution < 1.29 is 13.2 Å². The van der Waals surface area contributed by atoms with Crippen molar-refractivity contribution in [1.29, 1.82) is 0 Å². The maximum absolute atomic E-state index is 12.2. The number of anilines is 1. The highest BCUT2D eigenvalue weighted by molar-refractivity contribution is 8.00. The van der Waals surface area contributed by atoms with Gasteiger partial charge in [0.05, 0.1) is 21.4 Å². The molecular weight excluding hydrogens is 390 g/mol. The summed E-state index contributed by atoms with van der Waals surface area (Å²) in [5.41, 5.74) is 0.290. The number of nitrogens with one attached hydrogen (secondary N) is 1. The van der Waals surface area contributed by atoms with Gasteiger partial charge in [-0.1, -0.05) is 41.9 Å². The molecule has 26 heavy (non-hydrogen) atoms. The zero-order chi connectivity index (χ0) is 18.7. The van der Waals surface area contributed by atoms with E-state index in [0.717, 1.165) is 21.9 Å². The van der Waals surface area contributed by atoms with Crippen LogP contribution in [0, 0.1) is 0 Å². The van der Waals surface area contributed by atoms with Crippen LogP contribution in [0.2, 0.25) is 5.02 Å². The van der Waals surface area contributed by atoms with E-state index in [1.165, 1.54) is 30.0 Å². The van der Waals surface area contributed by atoms with E-state index in [2.05, 4.69) is 5.32 Å². The predicted molar refractivity (Wildman–Crippen MR) is 108 cm³/mol. The lowest BCUT2D eigenvalue weighted by atomic mass is 10.1. The molecule has 7 heteroatoms. The maximum atomic E-state index is 12.2. The zero-order valence-electron chi connectivity index (χ0n) is 13.9. The van der Waals surface area contributed by atoms with Crippen LogP contribution in [0.5, 0.6) is 0 Å². The third kappa shape index (κ3) is 4.58. The minimum absolute atomic E-state index is 0.111. The molecule has 0 atom stereocenters. The Morgan fingerprint density at radius 1 is 1.04 bits per heavy atom. The summed E-state index contributed by atoms with van der Waals surface area (Å²) in [4.78, 5) is 13.3. The Morgan fingerprint density at radius 3 is 2.50 bits per heavy atom. The van der Waals surface area contributed by atoms with Gasteiger partial charge in [-0.2, -0.15) is 0 Å². The number of rotatable bonds is 5. The molecule has 0 bridgehead atoms. The molecule has 1 amide bonds. The number of carbonyl (C=O) groups is 1. The third-order valence-electron chi connectivity index (χ3n) is 3.73. The molecule has 0 radical (unpaired) electrons. The van der Waals surface area contributed by atoms with Gasteiger partial charge in [-0.05, 0) is 41.1 Å². The van der Waals surface area contributed by atoms with E-state index in [0.29, 0.717) is 10.7 Å². The maximum Gasteiger partial charge on any atom is 0.234 e. The molecule has 3 aromatic carbocycles. The monoisotopic (exact) mass is 405 g/mol. The topological polar surface area (TPSA) is 63.2 Å². The van der Waals surface area contributed by atoms with Crippen molar-refractivity contribution in [2.45, 2.75) is 9.79 Å². The Labute approximate surface area is 161 Å². The van der Waals surface area contributed by atoms with Gasteiger partial charge >= 0.3 is 0 Å². The molecule has 0 aliphatic carbocycles. The van der Waals surface area contributed by atoms with Crippen LogP contribution in [0.15, 0.2) is 70.5 Å². The van der Waals surface area contributed by atoms with Crippen molar-refractivity contribution in [3.05, 3.63) is 65.7 Å². The number of hydrogen-bond donors (Lipinski definition) is 1. The van der Waals surface area contributed by atoms with Gasteiger partial charge in [-0.25, -0.2) is 8.42 Å². The van der Waals surface area contributed by atoms with Gasteiger partial charge in [0, 0.05) is 11.2 Å². The van der Waals surface area contributed by atoms with E-state index in [9.17, 15) is 13.2 Å². The molecule has 0 unspecified atom stereocenters. The summed E-state index contributed by atoms with van der Waals surface area (Å²) < 4.78 is 23.3. The van der Waals surface area contributed by atoms with Crippen molar-refractivity contribution in [2.24, 2.45) is 0 Å². The van der Waals surface area contributed by atoms with Crippen molar-refractivity contribution in [2.75, 3.05) is 17.3 Å². The summed E-state index contributed by atoms with van der Waals surface area (Å²) in [5.74, 6) is -0.0617. The van der Waals surface area contributed by atoms with Gasteiger partial charge < -0.3 is 5.32 Å². The lowest BCUT2D eigenvalue weighted by molar-refractivity contribution is -0.113. The Balaban J connectivity index is 1.69. The molecule has 0 spiro atoms. The molecule has 1 N–H and O–H groups in total. The van der Waals surface area contributed by atoms with Crippen LogP contribution in [0.3, 0.4) is 0 Å². The minimum atomic E-state index is -3.37. The fraction of sp³-hybridized carbons (Fsp3) is 0.105. The lowest BCUT2D eigenvalue weighted by Gasteiger charge is -2.09. The quantitative estimate of drug-likeness (QED) is 0.628. The van der Waals surface area contributed by atoms with Crippen LogP contribution >= 0.6 is 23.4 Å². The second-order valence-corrected chi connectivity index (χ2v) is 9.23. The van der Waals surface area contributed by atoms with Crippen molar-refractivity contribution in [3.63, 3.8) is 0 Å². The number of fused-ring (bicyclic) bond motifs is 1. The first kappa shape index (κ1) is 18.8. The number of halogens is 1. The van der Waals surface area contributed by atoms with E-state index in [-0.39, 0.29) is 16.6 Å². The van der Waals surface area contributed by atoms with Crippen LogP contribution in [0.1, 0.15) is 0 Å². The van der Waals surface area contributed by atoms with Crippen LogP contribution in [0.25, 0.3) is 10.8 Å². The second kappa shape index (κ2) is 7.70. The van der Waals surface area contributed by atoms with Gasteiger partial charge in [0.15, 0.2) is 9.84 Å². The first-order valence-corrected chi connectivity index (χ1v) is 11.0. The average molecular weight is 406 g/mol. The Bertz CT molecular complexity index is 1080. The molecule has 0 aromatic heterocycles. The normalized spacial score (nSPS) is 11.5. The second-order valence-electron chi connectivity index (χ2n) is 5.76. The number of carbonyl (C=O) groups excluding carboxylic acids is 1. The van der Waals surface area contributed by atoms with E-state index < -0.39 is 9.84 Å². The Kier molecular flexibility index (Phi) is 5.55. The summed E-state index contributed by atoms with van der Waals surface area (Å²) >= 11 is 7.46. The molecule has 0 saturated heterocycles. The number of thioether (sulfide) groups is 1. The van der Waals surface area contributed by atoms with Crippen molar-refractivity contribution >= 4 is 55.6 Å². The molecule has 0 aliphatic rings. The van der Waals surface area contributed by atoms with Gasteiger partial charge in [0.1, 0.15) is 0 Å². The van der Waals surface area contributed by atoms with Crippen molar-refractivity contribution in [3.8, 4) is 0 Å². The van der Waals surface area contributed by atoms with E-state index in [4.69, 9.17) is 11.6 Å². The molecule has 0 heterocycles. The van der Waals surface area contributed by atoms with Gasteiger partial charge in [-0.15, -0.1) is 11.8 Å². The molecule has 0 aliphatic heterocycles.